The van der Waals surface area contributed by atoms with Gasteiger partial charge in [-0.2, -0.15) is 0 Å². The van der Waals surface area contributed by atoms with E-state index in [0.717, 1.165) is 0 Å². The van der Waals surface area contributed by atoms with Crippen LogP contribution in [0.5, 0.6) is 0 Å². The first-order chi connectivity index (χ1) is 9.11. The van der Waals surface area contributed by atoms with Gasteiger partial charge in [-0.1, -0.05) is 29.3 Å². The van der Waals surface area contributed by atoms with E-state index in [0.29, 0.717) is 27.0 Å². The van der Waals surface area contributed by atoms with Crippen LogP contribution in [0.25, 0.3) is 0 Å². The molecular formula is C13H11Cl2N3O. The van der Waals surface area contributed by atoms with Crippen LogP contribution in [-0.4, -0.2) is 10.9 Å². The van der Waals surface area contributed by atoms with Crippen molar-refractivity contribution in [2.75, 3.05) is 5.32 Å². The molecule has 0 saturated heterocycles. The van der Waals surface area contributed by atoms with Crippen molar-refractivity contribution in [1.82, 2.24) is 4.98 Å². The Kier molecular flexibility index (Phi) is 4.37. The number of nitrogens with one attached hydrogen (secondary N) is 1. The molecule has 1 aromatic heterocycles. The topological polar surface area (TPSA) is 68.0 Å². The Morgan fingerprint density at radius 2 is 2.11 bits per heavy atom. The first kappa shape index (κ1) is 13.8. The van der Waals surface area contributed by atoms with Gasteiger partial charge in [-0.05, 0) is 24.3 Å². The molecule has 0 radical (unpaired) electrons. The van der Waals surface area contributed by atoms with Gasteiger partial charge in [0.2, 0.25) is 0 Å². The zero-order valence-electron chi connectivity index (χ0n) is 9.86. The summed E-state index contributed by atoms with van der Waals surface area (Å²) in [4.78, 5) is 16.1. The summed E-state index contributed by atoms with van der Waals surface area (Å²) in [7, 11) is 0. The first-order valence-corrected chi connectivity index (χ1v) is 6.28. The normalized spacial score (nSPS) is 10.3. The van der Waals surface area contributed by atoms with Crippen LogP contribution in [0.3, 0.4) is 0 Å². The predicted octanol–water partition coefficient (Wildman–Crippen LogP) is 3.10. The molecule has 2 rings (SSSR count). The smallest absolute Gasteiger partial charge is 0.255 e. The summed E-state index contributed by atoms with van der Waals surface area (Å²) in [5, 5.41) is 3.39. The number of hydrogen-bond acceptors (Lipinski definition) is 3. The van der Waals surface area contributed by atoms with E-state index in [1.165, 1.54) is 6.20 Å². The Balaban J connectivity index is 2.23. The Bertz CT molecular complexity index is 617. The SMILES string of the molecule is NCc1cc(C(=O)Nc2cccc(Cl)c2Cl)ccn1. The Hall–Kier alpha value is -1.62. The van der Waals surface area contributed by atoms with Gasteiger partial charge in [0.1, 0.15) is 0 Å². The number of nitrogens with zero attached hydrogens (tertiary/aromatic N) is 1. The number of hydrogen-bond donors (Lipinski definition) is 2. The van der Waals surface area contributed by atoms with Crippen molar-refractivity contribution >= 4 is 34.8 Å². The van der Waals surface area contributed by atoms with Gasteiger partial charge in [-0.3, -0.25) is 9.78 Å². The number of carbonyl (C=O) groups excluding carboxylic acids is 1. The molecule has 6 heteroatoms. The van der Waals surface area contributed by atoms with Gasteiger partial charge in [-0.15, -0.1) is 0 Å². The number of pyridine rings is 1. The highest BCUT2D eigenvalue weighted by Crippen LogP contribution is 2.29. The molecule has 0 aliphatic rings. The lowest BCUT2D eigenvalue weighted by Gasteiger charge is -2.08. The van der Waals surface area contributed by atoms with E-state index in [4.69, 9.17) is 28.9 Å². The van der Waals surface area contributed by atoms with Crippen LogP contribution in [0.4, 0.5) is 5.69 Å². The molecule has 0 fully saturated rings. The Morgan fingerprint density at radius 3 is 2.84 bits per heavy atom. The number of nitrogens with two attached hydrogens (primary N) is 1. The van der Waals surface area contributed by atoms with E-state index in [1.807, 2.05) is 0 Å². The highest BCUT2D eigenvalue weighted by atomic mass is 35.5. The maximum Gasteiger partial charge on any atom is 0.255 e. The standard InChI is InChI=1S/C13H11Cl2N3O/c14-10-2-1-3-11(12(10)15)18-13(19)8-4-5-17-9(6-8)7-16/h1-6H,7,16H2,(H,18,19). The van der Waals surface area contributed by atoms with Crippen molar-refractivity contribution < 1.29 is 4.79 Å². The van der Waals surface area contributed by atoms with Crippen LogP contribution < -0.4 is 11.1 Å². The van der Waals surface area contributed by atoms with Crippen LogP contribution in [0.15, 0.2) is 36.5 Å². The summed E-state index contributed by atoms with van der Waals surface area (Å²) in [5.41, 5.74) is 7.05. The van der Waals surface area contributed by atoms with Crippen molar-refractivity contribution in [3.8, 4) is 0 Å². The lowest BCUT2D eigenvalue weighted by molar-refractivity contribution is 0.102. The molecule has 0 aliphatic carbocycles. The van der Waals surface area contributed by atoms with Crippen LogP contribution in [0.1, 0.15) is 16.1 Å². The molecule has 3 N–H and O–H groups in total. The van der Waals surface area contributed by atoms with Gasteiger partial charge in [-0.25, -0.2) is 0 Å². The van der Waals surface area contributed by atoms with E-state index in [2.05, 4.69) is 10.3 Å². The largest absolute Gasteiger partial charge is 0.325 e. The van der Waals surface area contributed by atoms with Gasteiger partial charge in [0, 0.05) is 18.3 Å². The molecule has 0 aliphatic heterocycles. The molecular weight excluding hydrogens is 285 g/mol. The van der Waals surface area contributed by atoms with Crippen LogP contribution in [0, 0.1) is 0 Å². The third-order valence-electron chi connectivity index (χ3n) is 2.49. The maximum atomic E-state index is 12.1. The van der Waals surface area contributed by atoms with Crippen molar-refractivity contribution in [2.24, 2.45) is 5.73 Å². The number of anilines is 1. The first-order valence-electron chi connectivity index (χ1n) is 5.52. The summed E-state index contributed by atoms with van der Waals surface area (Å²) >= 11 is 11.9. The molecule has 0 unspecified atom stereocenters. The number of benzene rings is 1. The minimum Gasteiger partial charge on any atom is -0.325 e. The van der Waals surface area contributed by atoms with Crippen LogP contribution in [-0.2, 0) is 6.54 Å². The minimum absolute atomic E-state index is 0.277. The van der Waals surface area contributed by atoms with Gasteiger partial charge in [0.25, 0.3) is 5.91 Å². The molecule has 0 spiro atoms. The Morgan fingerprint density at radius 1 is 1.32 bits per heavy atom. The van der Waals surface area contributed by atoms with Crippen LogP contribution >= 0.6 is 23.2 Å². The fourth-order valence-corrected chi connectivity index (χ4v) is 1.87. The second-order valence-electron chi connectivity index (χ2n) is 3.80. The number of aromatic nitrogens is 1. The lowest BCUT2D eigenvalue weighted by Crippen LogP contribution is -2.13. The fourth-order valence-electron chi connectivity index (χ4n) is 1.53. The second-order valence-corrected chi connectivity index (χ2v) is 4.58. The second kappa shape index (κ2) is 6.02. The highest BCUT2D eigenvalue weighted by Gasteiger charge is 2.10. The zero-order valence-corrected chi connectivity index (χ0v) is 11.4. The molecule has 4 nitrogen and oxygen atoms in total. The molecule has 19 heavy (non-hydrogen) atoms. The Labute approximate surface area is 120 Å². The summed E-state index contributed by atoms with van der Waals surface area (Å²) in [6, 6.07) is 8.28. The third-order valence-corrected chi connectivity index (χ3v) is 3.31. The molecule has 1 heterocycles. The van der Waals surface area contributed by atoms with E-state index >= 15 is 0 Å². The summed E-state index contributed by atoms with van der Waals surface area (Å²) < 4.78 is 0. The molecule has 98 valence electrons. The molecule has 0 atom stereocenters. The number of carbonyl (C=O) groups is 1. The molecule has 0 saturated carbocycles. The molecule has 2 aromatic rings. The van der Waals surface area contributed by atoms with Crippen molar-refractivity contribution in [3.05, 3.63) is 57.8 Å². The van der Waals surface area contributed by atoms with Gasteiger partial charge in [0.15, 0.2) is 0 Å². The monoisotopic (exact) mass is 295 g/mol. The minimum atomic E-state index is -0.290. The summed E-state index contributed by atoms with van der Waals surface area (Å²) in [6.07, 6.45) is 1.54. The lowest BCUT2D eigenvalue weighted by atomic mass is 10.2. The zero-order chi connectivity index (χ0) is 13.8. The average Bonchev–Trinajstić information content (AvgIpc) is 2.44. The van der Waals surface area contributed by atoms with Crippen LogP contribution in [0.2, 0.25) is 10.0 Å². The van der Waals surface area contributed by atoms with Crippen molar-refractivity contribution in [2.45, 2.75) is 6.54 Å². The molecule has 0 bridgehead atoms. The van der Waals surface area contributed by atoms with Gasteiger partial charge >= 0.3 is 0 Å². The van der Waals surface area contributed by atoms with Gasteiger partial charge < -0.3 is 11.1 Å². The van der Waals surface area contributed by atoms with E-state index < -0.39 is 0 Å². The number of halogens is 2. The average molecular weight is 296 g/mol. The summed E-state index contributed by atoms with van der Waals surface area (Å²) in [6.45, 7) is 0.277. The fraction of sp³-hybridized carbons (Fsp3) is 0.0769. The molecule has 1 amide bonds. The van der Waals surface area contributed by atoms with Crippen molar-refractivity contribution in [1.29, 1.82) is 0 Å². The molecule has 1 aromatic carbocycles. The number of amides is 1. The maximum absolute atomic E-state index is 12.1. The summed E-state index contributed by atoms with van der Waals surface area (Å²) in [5.74, 6) is -0.290. The van der Waals surface area contributed by atoms with E-state index in [1.54, 1.807) is 30.3 Å². The third kappa shape index (κ3) is 3.23. The van der Waals surface area contributed by atoms with E-state index in [-0.39, 0.29) is 12.5 Å². The van der Waals surface area contributed by atoms with E-state index in [9.17, 15) is 4.79 Å². The van der Waals surface area contributed by atoms with Crippen molar-refractivity contribution in [3.63, 3.8) is 0 Å². The highest BCUT2D eigenvalue weighted by molar-refractivity contribution is 6.44. The predicted molar refractivity (Wildman–Crippen MR) is 76.5 cm³/mol. The quantitative estimate of drug-likeness (QED) is 0.914. The number of rotatable bonds is 3. The van der Waals surface area contributed by atoms with Gasteiger partial charge in [0.05, 0.1) is 21.4 Å².